The molecule has 1 spiro atoms. The summed E-state index contributed by atoms with van der Waals surface area (Å²) in [6.45, 7) is 5.02. The van der Waals surface area contributed by atoms with Crippen LogP contribution in [0.25, 0.3) is 0 Å². The van der Waals surface area contributed by atoms with Crippen LogP contribution in [0, 0.1) is 0 Å². The Hall–Kier alpha value is -0.910. The molecule has 1 unspecified atom stereocenters. The van der Waals surface area contributed by atoms with Crippen molar-refractivity contribution >= 4 is 17.2 Å². The number of hydrogen-bond acceptors (Lipinski definition) is 4. The van der Waals surface area contributed by atoms with E-state index in [1.165, 1.54) is 37.8 Å². The maximum Gasteiger partial charge on any atom is 0.236 e. The Morgan fingerprint density at radius 1 is 1.32 bits per heavy atom. The molecule has 1 aromatic rings. The molecule has 0 saturated carbocycles. The molecule has 5 heteroatoms. The molecule has 0 aliphatic carbocycles. The third-order valence-corrected chi connectivity index (χ3v) is 5.92. The Morgan fingerprint density at radius 2 is 2.09 bits per heavy atom. The van der Waals surface area contributed by atoms with E-state index in [1.807, 2.05) is 14.1 Å². The lowest BCUT2D eigenvalue weighted by Gasteiger charge is -2.46. The average molecular weight is 321 g/mol. The van der Waals surface area contributed by atoms with Gasteiger partial charge in [0.25, 0.3) is 0 Å². The van der Waals surface area contributed by atoms with Gasteiger partial charge in [-0.15, -0.1) is 0 Å². The summed E-state index contributed by atoms with van der Waals surface area (Å²) in [5, 5.41) is 4.41. The quantitative estimate of drug-likeness (QED) is 0.851. The number of rotatable bonds is 4. The molecule has 2 aliphatic heterocycles. The molecule has 1 amide bonds. The molecule has 1 aromatic heterocycles. The van der Waals surface area contributed by atoms with Crippen molar-refractivity contribution in [2.45, 2.75) is 37.8 Å². The first-order valence-corrected chi connectivity index (χ1v) is 9.22. The molecule has 0 radical (unpaired) electrons. The van der Waals surface area contributed by atoms with Gasteiger partial charge in [0.2, 0.25) is 5.91 Å². The predicted octanol–water partition coefficient (Wildman–Crippen LogP) is 2.27. The van der Waals surface area contributed by atoms with Crippen molar-refractivity contribution in [3.63, 3.8) is 0 Å². The minimum atomic E-state index is 0.233. The second-order valence-electron chi connectivity index (χ2n) is 6.98. The van der Waals surface area contributed by atoms with Crippen LogP contribution in [-0.4, -0.2) is 66.4 Å². The smallest absolute Gasteiger partial charge is 0.236 e. The summed E-state index contributed by atoms with van der Waals surface area (Å²) in [6.07, 6.45) is 4.96. The van der Waals surface area contributed by atoms with Gasteiger partial charge in [-0.2, -0.15) is 11.3 Å². The van der Waals surface area contributed by atoms with E-state index >= 15 is 0 Å². The van der Waals surface area contributed by atoms with E-state index in [0.717, 1.165) is 19.6 Å². The number of carbonyl (C=O) groups is 1. The van der Waals surface area contributed by atoms with Crippen LogP contribution in [0.3, 0.4) is 0 Å². The van der Waals surface area contributed by atoms with Gasteiger partial charge in [0.05, 0.1) is 6.54 Å². The molecule has 3 heterocycles. The van der Waals surface area contributed by atoms with Crippen molar-refractivity contribution in [2.75, 3.05) is 40.3 Å². The standard InChI is InChI=1S/C17H27N3OS/c1-18(2)16(21)12-20-9-4-7-17(20)6-3-8-19(14-17)11-15-5-10-22-13-15/h5,10,13H,3-4,6-9,11-12,14H2,1-2H3. The van der Waals surface area contributed by atoms with Gasteiger partial charge in [-0.25, -0.2) is 0 Å². The highest BCUT2D eigenvalue weighted by molar-refractivity contribution is 7.07. The van der Waals surface area contributed by atoms with Gasteiger partial charge in [0, 0.05) is 32.7 Å². The third kappa shape index (κ3) is 3.36. The van der Waals surface area contributed by atoms with Crippen molar-refractivity contribution in [2.24, 2.45) is 0 Å². The van der Waals surface area contributed by atoms with Crippen molar-refractivity contribution < 1.29 is 4.79 Å². The number of thiophene rings is 1. The molecular formula is C17H27N3OS. The van der Waals surface area contributed by atoms with E-state index in [1.54, 1.807) is 16.2 Å². The van der Waals surface area contributed by atoms with Crippen molar-refractivity contribution in [1.29, 1.82) is 0 Å². The molecule has 4 nitrogen and oxygen atoms in total. The van der Waals surface area contributed by atoms with Gasteiger partial charge in [-0.05, 0) is 61.2 Å². The van der Waals surface area contributed by atoms with Gasteiger partial charge in [0.1, 0.15) is 0 Å². The molecule has 3 rings (SSSR count). The fourth-order valence-corrected chi connectivity index (χ4v) is 4.65. The van der Waals surface area contributed by atoms with Crippen LogP contribution >= 0.6 is 11.3 Å². The van der Waals surface area contributed by atoms with E-state index in [2.05, 4.69) is 26.6 Å². The monoisotopic (exact) mass is 321 g/mol. The zero-order valence-electron chi connectivity index (χ0n) is 13.8. The Kier molecular flexibility index (Phi) is 4.85. The summed E-state index contributed by atoms with van der Waals surface area (Å²) in [4.78, 5) is 18.9. The Balaban J connectivity index is 1.66. The van der Waals surface area contributed by atoms with Crippen molar-refractivity contribution in [3.05, 3.63) is 22.4 Å². The summed E-state index contributed by atoms with van der Waals surface area (Å²) < 4.78 is 0. The number of carbonyl (C=O) groups excluding carboxylic acids is 1. The Bertz CT molecular complexity index is 502. The SMILES string of the molecule is CN(C)C(=O)CN1CCCC12CCCN(Cc1ccsc1)C2. The molecule has 2 fully saturated rings. The topological polar surface area (TPSA) is 26.8 Å². The first-order chi connectivity index (χ1) is 10.6. The molecule has 122 valence electrons. The summed E-state index contributed by atoms with van der Waals surface area (Å²) in [5.74, 6) is 0.233. The fraction of sp³-hybridized carbons (Fsp3) is 0.706. The number of likely N-dealkylation sites (tertiary alicyclic amines) is 2. The minimum absolute atomic E-state index is 0.233. The molecule has 0 aromatic carbocycles. The first kappa shape index (κ1) is 16.0. The molecule has 0 N–H and O–H groups in total. The molecule has 2 saturated heterocycles. The largest absolute Gasteiger partial charge is 0.348 e. The normalized spacial score (nSPS) is 26.6. The van der Waals surface area contributed by atoms with Gasteiger partial charge < -0.3 is 4.90 Å². The zero-order valence-corrected chi connectivity index (χ0v) is 14.6. The molecule has 1 atom stereocenters. The van der Waals surface area contributed by atoms with Crippen molar-refractivity contribution in [3.8, 4) is 0 Å². The van der Waals surface area contributed by atoms with Crippen LogP contribution in [0.15, 0.2) is 16.8 Å². The van der Waals surface area contributed by atoms with Gasteiger partial charge >= 0.3 is 0 Å². The number of nitrogens with zero attached hydrogens (tertiary/aromatic N) is 3. The van der Waals surface area contributed by atoms with Crippen LogP contribution in [-0.2, 0) is 11.3 Å². The summed E-state index contributed by atoms with van der Waals surface area (Å²) in [5.41, 5.74) is 1.66. The molecule has 0 bridgehead atoms. The highest BCUT2D eigenvalue weighted by atomic mass is 32.1. The van der Waals surface area contributed by atoms with Crippen LogP contribution in [0.2, 0.25) is 0 Å². The third-order valence-electron chi connectivity index (χ3n) is 5.19. The van der Waals surface area contributed by atoms with E-state index in [9.17, 15) is 4.79 Å². The number of piperidine rings is 1. The van der Waals surface area contributed by atoms with Gasteiger partial charge in [-0.1, -0.05) is 0 Å². The molecule has 22 heavy (non-hydrogen) atoms. The maximum atomic E-state index is 12.1. The highest BCUT2D eigenvalue weighted by Crippen LogP contribution is 2.37. The number of hydrogen-bond donors (Lipinski definition) is 0. The van der Waals surface area contributed by atoms with Gasteiger partial charge in [-0.3, -0.25) is 14.6 Å². The first-order valence-electron chi connectivity index (χ1n) is 8.28. The highest BCUT2D eigenvalue weighted by Gasteiger charge is 2.44. The fourth-order valence-electron chi connectivity index (χ4n) is 3.99. The Labute approximate surface area is 137 Å². The lowest BCUT2D eigenvalue weighted by molar-refractivity contribution is -0.131. The lowest BCUT2D eigenvalue weighted by atomic mass is 9.86. The lowest BCUT2D eigenvalue weighted by Crippen LogP contribution is -2.57. The molecular weight excluding hydrogens is 294 g/mol. The Morgan fingerprint density at radius 3 is 2.77 bits per heavy atom. The van der Waals surface area contributed by atoms with Gasteiger partial charge in [0.15, 0.2) is 0 Å². The summed E-state index contributed by atoms with van der Waals surface area (Å²) >= 11 is 1.78. The maximum absolute atomic E-state index is 12.1. The van der Waals surface area contributed by atoms with Crippen LogP contribution in [0.1, 0.15) is 31.2 Å². The summed E-state index contributed by atoms with van der Waals surface area (Å²) in [6, 6.07) is 2.23. The van der Waals surface area contributed by atoms with E-state index in [4.69, 9.17) is 0 Å². The van der Waals surface area contributed by atoms with E-state index in [-0.39, 0.29) is 11.4 Å². The summed E-state index contributed by atoms with van der Waals surface area (Å²) in [7, 11) is 3.71. The minimum Gasteiger partial charge on any atom is -0.348 e. The van der Waals surface area contributed by atoms with Crippen LogP contribution < -0.4 is 0 Å². The average Bonchev–Trinajstić information content (AvgIpc) is 3.11. The van der Waals surface area contributed by atoms with Crippen molar-refractivity contribution in [1.82, 2.24) is 14.7 Å². The second kappa shape index (κ2) is 6.69. The zero-order chi connectivity index (χ0) is 15.6. The van der Waals surface area contributed by atoms with Crippen LogP contribution in [0.5, 0.6) is 0 Å². The number of likely N-dealkylation sites (N-methyl/N-ethyl adjacent to an activating group) is 1. The molecule has 2 aliphatic rings. The van der Waals surface area contributed by atoms with E-state index in [0.29, 0.717) is 6.54 Å². The van der Waals surface area contributed by atoms with Crippen LogP contribution in [0.4, 0.5) is 0 Å². The number of amides is 1. The second-order valence-corrected chi connectivity index (χ2v) is 7.76. The predicted molar refractivity (Wildman–Crippen MR) is 91.1 cm³/mol. The van der Waals surface area contributed by atoms with E-state index < -0.39 is 0 Å².